The maximum Gasteiger partial charge on any atom is 0.273 e. The van der Waals surface area contributed by atoms with Crippen molar-refractivity contribution < 1.29 is 24.0 Å². The van der Waals surface area contributed by atoms with Gasteiger partial charge in [0, 0.05) is 12.5 Å². The van der Waals surface area contributed by atoms with Crippen LogP contribution in [0.15, 0.2) is 47.5 Å². The number of non-ortho nitro benzene ring substituents is 1. The van der Waals surface area contributed by atoms with Gasteiger partial charge in [0.05, 0.1) is 36.6 Å². The first kappa shape index (κ1) is 21.1. The van der Waals surface area contributed by atoms with Gasteiger partial charge in [0.15, 0.2) is 5.17 Å². The smallest absolute Gasteiger partial charge is 0.273 e. The number of nitrogens with one attached hydrogen (secondary N) is 2. The highest BCUT2D eigenvalue weighted by Crippen LogP contribution is 2.30. The molecule has 0 aliphatic carbocycles. The molecule has 2 aromatic carbocycles. The number of aliphatic imine (C=N–C) groups is 1. The zero-order valence-corrected chi connectivity index (χ0v) is 16.9. The van der Waals surface area contributed by atoms with E-state index in [0.717, 1.165) is 11.8 Å². The number of amidine groups is 1. The van der Waals surface area contributed by atoms with E-state index in [-0.39, 0.29) is 29.5 Å². The first-order valence-electron chi connectivity index (χ1n) is 8.72. The number of carbonyl (C=O) groups excluding carboxylic acids is 2. The van der Waals surface area contributed by atoms with Crippen LogP contribution in [0.25, 0.3) is 0 Å². The summed E-state index contributed by atoms with van der Waals surface area (Å²) >= 11 is 1.16. The molecule has 1 atom stereocenters. The van der Waals surface area contributed by atoms with Crippen LogP contribution in [0.4, 0.5) is 17.1 Å². The average Bonchev–Trinajstić information content (AvgIpc) is 3.07. The molecular formula is C19H18N4O6S. The molecule has 2 N–H and O–H groups in total. The summed E-state index contributed by atoms with van der Waals surface area (Å²) < 4.78 is 10.2. The Morgan fingerprint density at radius 1 is 1.23 bits per heavy atom. The number of thioether (sulfide) groups is 1. The SMILES string of the molecule is COc1ccc(N=C2NC(=O)[C@@H](CC(=O)Nc3ccc([N+](=O)[O-])cc3OC)S2)cc1. The van der Waals surface area contributed by atoms with Crippen molar-refractivity contribution in [1.29, 1.82) is 0 Å². The number of anilines is 1. The lowest BCUT2D eigenvalue weighted by molar-refractivity contribution is -0.384. The molecule has 0 saturated carbocycles. The van der Waals surface area contributed by atoms with E-state index < -0.39 is 16.1 Å². The first-order chi connectivity index (χ1) is 14.4. The Morgan fingerprint density at radius 2 is 1.97 bits per heavy atom. The number of carbonyl (C=O) groups is 2. The number of hydrogen-bond donors (Lipinski definition) is 2. The van der Waals surface area contributed by atoms with Crippen LogP contribution in [0.3, 0.4) is 0 Å². The number of rotatable bonds is 7. The molecule has 1 saturated heterocycles. The second-order valence-electron chi connectivity index (χ2n) is 6.10. The summed E-state index contributed by atoms with van der Waals surface area (Å²) in [4.78, 5) is 39.2. The summed E-state index contributed by atoms with van der Waals surface area (Å²) in [6.07, 6.45) is -0.0989. The maximum atomic E-state index is 12.4. The van der Waals surface area contributed by atoms with Gasteiger partial charge in [-0.15, -0.1) is 0 Å². The third-order valence-corrected chi connectivity index (χ3v) is 5.20. The lowest BCUT2D eigenvalue weighted by Gasteiger charge is -2.11. The average molecular weight is 430 g/mol. The van der Waals surface area contributed by atoms with Gasteiger partial charge in [-0.25, -0.2) is 4.99 Å². The number of nitro benzene ring substituents is 1. The molecule has 0 bridgehead atoms. The second-order valence-corrected chi connectivity index (χ2v) is 7.30. The molecule has 2 amide bonds. The predicted molar refractivity (Wildman–Crippen MR) is 113 cm³/mol. The number of ether oxygens (including phenoxy) is 2. The van der Waals surface area contributed by atoms with Crippen LogP contribution in [0.5, 0.6) is 11.5 Å². The summed E-state index contributed by atoms with van der Waals surface area (Å²) in [6, 6.07) is 10.9. The monoisotopic (exact) mass is 430 g/mol. The summed E-state index contributed by atoms with van der Waals surface area (Å²) in [5, 5.41) is 15.9. The maximum absolute atomic E-state index is 12.4. The van der Waals surface area contributed by atoms with Crippen molar-refractivity contribution in [2.24, 2.45) is 4.99 Å². The number of hydrogen-bond acceptors (Lipinski definition) is 8. The van der Waals surface area contributed by atoms with Crippen LogP contribution in [-0.4, -0.2) is 41.4 Å². The Morgan fingerprint density at radius 3 is 2.60 bits per heavy atom. The van der Waals surface area contributed by atoms with Crippen molar-refractivity contribution in [1.82, 2.24) is 5.32 Å². The Balaban J connectivity index is 1.63. The molecule has 0 radical (unpaired) electrons. The van der Waals surface area contributed by atoms with Crippen molar-refractivity contribution in [3.8, 4) is 11.5 Å². The van der Waals surface area contributed by atoms with Gasteiger partial charge < -0.3 is 20.1 Å². The minimum absolute atomic E-state index is 0.0989. The van der Waals surface area contributed by atoms with E-state index in [0.29, 0.717) is 16.6 Å². The van der Waals surface area contributed by atoms with Gasteiger partial charge in [0.2, 0.25) is 11.8 Å². The van der Waals surface area contributed by atoms with Gasteiger partial charge in [0.25, 0.3) is 5.69 Å². The van der Waals surface area contributed by atoms with Crippen molar-refractivity contribution in [3.05, 3.63) is 52.6 Å². The zero-order chi connectivity index (χ0) is 21.7. The third-order valence-electron chi connectivity index (χ3n) is 4.12. The topological polar surface area (TPSA) is 132 Å². The van der Waals surface area contributed by atoms with E-state index in [9.17, 15) is 19.7 Å². The number of benzene rings is 2. The molecule has 1 aliphatic rings. The Labute approximate surface area is 175 Å². The Bertz CT molecular complexity index is 1010. The lowest BCUT2D eigenvalue weighted by atomic mass is 10.2. The van der Waals surface area contributed by atoms with Gasteiger partial charge >= 0.3 is 0 Å². The highest BCUT2D eigenvalue weighted by Gasteiger charge is 2.32. The Hall–Kier alpha value is -3.60. The quantitative estimate of drug-likeness (QED) is 0.510. The van der Waals surface area contributed by atoms with Crippen LogP contribution in [0, 0.1) is 10.1 Å². The van der Waals surface area contributed by atoms with E-state index >= 15 is 0 Å². The lowest BCUT2D eigenvalue weighted by Crippen LogP contribution is -2.28. The number of nitrogens with zero attached hydrogens (tertiary/aromatic N) is 2. The van der Waals surface area contributed by atoms with Gasteiger partial charge in [0.1, 0.15) is 16.7 Å². The molecule has 1 heterocycles. The van der Waals surface area contributed by atoms with Gasteiger partial charge in [-0.1, -0.05) is 11.8 Å². The number of nitro groups is 1. The highest BCUT2D eigenvalue weighted by molar-refractivity contribution is 8.15. The minimum atomic E-state index is -0.647. The van der Waals surface area contributed by atoms with Crippen LogP contribution in [0.1, 0.15) is 6.42 Å². The number of amides is 2. The number of methoxy groups -OCH3 is 2. The molecule has 156 valence electrons. The molecule has 11 heteroatoms. The summed E-state index contributed by atoms with van der Waals surface area (Å²) in [5.41, 5.74) is 0.762. The third kappa shape index (κ3) is 5.06. The molecule has 1 aliphatic heterocycles. The molecule has 10 nitrogen and oxygen atoms in total. The molecule has 1 fully saturated rings. The Kier molecular flexibility index (Phi) is 6.52. The fourth-order valence-electron chi connectivity index (χ4n) is 2.63. The van der Waals surface area contributed by atoms with Crippen LogP contribution < -0.4 is 20.1 Å². The van der Waals surface area contributed by atoms with E-state index in [1.807, 2.05) is 0 Å². The molecule has 0 spiro atoms. The van der Waals surface area contributed by atoms with Crippen molar-refractivity contribution >= 4 is 45.8 Å². The normalized spacial score (nSPS) is 16.8. The van der Waals surface area contributed by atoms with E-state index in [1.54, 1.807) is 31.4 Å². The van der Waals surface area contributed by atoms with Crippen molar-refractivity contribution in [2.45, 2.75) is 11.7 Å². The molecule has 3 rings (SSSR count). The summed E-state index contributed by atoms with van der Waals surface area (Å²) in [7, 11) is 2.91. The van der Waals surface area contributed by atoms with E-state index in [1.165, 1.54) is 25.3 Å². The minimum Gasteiger partial charge on any atom is -0.497 e. The molecule has 0 unspecified atom stereocenters. The summed E-state index contributed by atoms with van der Waals surface area (Å²) in [5.74, 6) is 0.0969. The summed E-state index contributed by atoms with van der Waals surface area (Å²) in [6.45, 7) is 0. The zero-order valence-electron chi connectivity index (χ0n) is 16.1. The predicted octanol–water partition coefficient (Wildman–Crippen LogP) is 2.86. The van der Waals surface area contributed by atoms with Crippen LogP contribution in [-0.2, 0) is 9.59 Å². The first-order valence-corrected chi connectivity index (χ1v) is 9.60. The van der Waals surface area contributed by atoms with Gasteiger partial charge in [-0.3, -0.25) is 19.7 Å². The van der Waals surface area contributed by atoms with Crippen LogP contribution >= 0.6 is 11.8 Å². The van der Waals surface area contributed by atoms with Crippen molar-refractivity contribution in [2.75, 3.05) is 19.5 Å². The molecule has 2 aromatic rings. The van der Waals surface area contributed by atoms with E-state index in [2.05, 4.69) is 15.6 Å². The fraction of sp³-hybridized carbons (Fsp3) is 0.211. The van der Waals surface area contributed by atoms with Crippen LogP contribution in [0.2, 0.25) is 0 Å². The largest absolute Gasteiger partial charge is 0.497 e. The van der Waals surface area contributed by atoms with Crippen molar-refractivity contribution in [3.63, 3.8) is 0 Å². The van der Waals surface area contributed by atoms with Gasteiger partial charge in [-0.05, 0) is 30.3 Å². The molecular weight excluding hydrogens is 412 g/mol. The highest BCUT2D eigenvalue weighted by atomic mass is 32.2. The van der Waals surface area contributed by atoms with E-state index in [4.69, 9.17) is 9.47 Å². The standard InChI is InChI=1S/C19H18N4O6S/c1-28-13-6-3-11(4-7-13)20-19-22-18(25)16(30-19)10-17(24)21-14-8-5-12(23(26)27)9-15(14)29-2/h3-9,16H,10H2,1-2H3,(H,21,24)(H,20,22,25)/t16-/m1/s1. The molecule has 0 aromatic heterocycles. The van der Waals surface area contributed by atoms with Gasteiger partial charge in [-0.2, -0.15) is 0 Å². The second kappa shape index (κ2) is 9.27. The fourth-order valence-corrected chi connectivity index (χ4v) is 3.62. The molecule has 30 heavy (non-hydrogen) atoms.